The third kappa shape index (κ3) is 3.82. The number of hydrogen-bond acceptors (Lipinski definition) is 5. The van der Waals surface area contributed by atoms with Gasteiger partial charge in [-0.3, -0.25) is 20.1 Å². The highest BCUT2D eigenvalue weighted by Gasteiger charge is 2.03. The van der Waals surface area contributed by atoms with Crippen molar-refractivity contribution in [1.29, 1.82) is 0 Å². The van der Waals surface area contributed by atoms with Gasteiger partial charge in [0.05, 0.1) is 16.3 Å². The van der Waals surface area contributed by atoms with Crippen molar-refractivity contribution in [3.8, 4) is 0 Å². The summed E-state index contributed by atoms with van der Waals surface area (Å²) in [7, 11) is 0. The maximum absolute atomic E-state index is 10.5. The molecule has 6 heteroatoms. The summed E-state index contributed by atoms with van der Waals surface area (Å²) in [5.74, 6) is 0. The molecule has 0 fully saturated rings. The lowest BCUT2D eigenvalue weighted by atomic mass is 10.2. The number of non-ortho nitro benzene ring substituents is 1. The maximum atomic E-state index is 10.5. The minimum Gasteiger partial charge on any atom is -0.307 e. The van der Waals surface area contributed by atoms with Crippen LogP contribution in [0.15, 0.2) is 36.7 Å². The molecule has 1 heterocycles. The van der Waals surface area contributed by atoms with Gasteiger partial charge in [0.15, 0.2) is 0 Å². The third-order valence-electron chi connectivity index (χ3n) is 2.62. The lowest BCUT2D eigenvalue weighted by molar-refractivity contribution is -0.384. The van der Waals surface area contributed by atoms with Crippen molar-refractivity contribution in [2.45, 2.75) is 20.0 Å². The van der Waals surface area contributed by atoms with E-state index in [-0.39, 0.29) is 5.69 Å². The summed E-state index contributed by atoms with van der Waals surface area (Å²) >= 11 is 0. The number of nitro groups is 1. The Kier molecular flexibility index (Phi) is 4.15. The second-order valence-electron chi connectivity index (χ2n) is 4.18. The Morgan fingerprint density at radius 2 is 1.89 bits per heavy atom. The molecule has 0 bridgehead atoms. The molecular weight excluding hydrogens is 244 g/mol. The van der Waals surface area contributed by atoms with Crippen LogP contribution in [-0.4, -0.2) is 14.9 Å². The van der Waals surface area contributed by atoms with Gasteiger partial charge in [0.1, 0.15) is 0 Å². The first-order chi connectivity index (χ1) is 9.15. The predicted molar refractivity (Wildman–Crippen MR) is 70.4 cm³/mol. The molecule has 6 nitrogen and oxygen atoms in total. The fraction of sp³-hybridized carbons (Fsp3) is 0.231. The van der Waals surface area contributed by atoms with Crippen molar-refractivity contribution in [3.05, 3.63) is 63.7 Å². The minimum absolute atomic E-state index is 0.105. The van der Waals surface area contributed by atoms with Gasteiger partial charge in [-0.25, -0.2) is 0 Å². The van der Waals surface area contributed by atoms with Crippen LogP contribution in [0.2, 0.25) is 0 Å². The first kappa shape index (κ1) is 13.1. The van der Waals surface area contributed by atoms with Crippen LogP contribution in [-0.2, 0) is 13.1 Å². The van der Waals surface area contributed by atoms with Crippen LogP contribution in [0, 0.1) is 17.0 Å². The van der Waals surface area contributed by atoms with E-state index in [0.29, 0.717) is 13.1 Å². The van der Waals surface area contributed by atoms with Crippen molar-refractivity contribution in [1.82, 2.24) is 15.3 Å². The number of aromatic nitrogens is 2. The summed E-state index contributed by atoms with van der Waals surface area (Å²) in [5, 5.41) is 13.7. The Bertz CT molecular complexity index is 552. The van der Waals surface area contributed by atoms with Crippen molar-refractivity contribution in [3.63, 3.8) is 0 Å². The van der Waals surface area contributed by atoms with Gasteiger partial charge in [-0.05, 0) is 12.5 Å². The number of nitrogens with zero attached hydrogens (tertiary/aromatic N) is 3. The van der Waals surface area contributed by atoms with E-state index >= 15 is 0 Å². The highest BCUT2D eigenvalue weighted by atomic mass is 16.6. The van der Waals surface area contributed by atoms with Crippen LogP contribution >= 0.6 is 0 Å². The number of hydrogen-bond donors (Lipinski definition) is 1. The monoisotopic (exact) mass is 258 g/mol. The average Bonchev–Trinajstić information content (AvgIpc) is 2.41. The Hall–Kier alpha value is -2.34. The standard InChI is InChI=1S/C13H14N4O2/c1-10-6-16-12(9-15-10)8-14-7-11-2-4-13(5-3-11)17(18)19/h2-6,9,14H,7-8H2,1H3. The third-order valence-corrected chi connectivity index (χ3v) is 2.62. The van der Waals surface area contributed by atoms with Gasteiger partial charge in [0.25, 0.3) is 5.69 Å². The molecule has 0 saturated carbocycles. The highest BCUT2D eigenvalue weighted by molar-refractivity contribution is 5.32. The van der Waals surface area contributed by atoms with Gasteiger partial charge in [-0.2, -0.15) is 0 Å². The lowest BCUT2D eigenvalue weighted by Gasteiger charge is -2.04. The number of nitro benzene ring substituents is 1. The van der Waals surface area contributed by atoms with E-state index < -0.39 is 4.92 Å². The zero-order chi connectivity index (χ0) is 13.7. The number of rotatable bonds is 5. The molecule has 1 aromatic heterocycles. The largest absolute Gasteiger partial charge is 0.307 e. The average molecular weight is 258 g/mol. The summed E-state index contributed by atoms with van der Waals surface area (Å²) in [5.41, 5.74) is 2.85. The quantitative estimate of drug-likeness (QED) is 0.655. The molecule has 0 atom stereocenters. The summed E-state index contributed by atoms with van der Waals surface area (Å²) in [4.78, 5) is 18.5. The molecule has 19 heavy (non-hydrogen) atoms. The Balaban J connectivity index is 1.85. The number of nitrogens with one attached hydrogen (secondary N) is 1. The first-order valence-corrected chi connectivity index (χ1v) is 5.87. The van der Waals surface area contributed by atoms with Gasteiger partial charge in [-0.1, -0.05) is 12.1 Å². The molecule has 0 unspecified atom stereocenters. The molecule has 0 aliphatic rings. The van der Waals surface area contributed by atoms with Gasteiger partial charge >= 0.3 is 0 Å². The van der Waals surface area contributed by atoms with Crippen molar-refractivity contribution < 1.29 is 4.92 Å². The van der Waals surface area contributed by atoms with E-state index in [2.05, 4.69) is 15.3 Å². The predicted octanol–water partition coefficient (Wildman–Crippen LogP) is 1.98. The fourth-order valence-corrected chi connectivity index (χ4v) is 1.58. The van der Waals surface area contributed by atoms with E-state index in [0.717, 1.165) is 17.0 Å². The second-order valence-corrected chi connectivity index (χ2v) is 4.18. The van der Waals surface area contributed by atoms with E-state index in [4.69, 9.17) is 0 Å². The molecule has 1 aromatic carbocycles. The van der Waals surface area contributed by atoms with Gasteiger partial charge < -0.3 is 5.32 Å². The van der Waals surface area contributed by atoms with Crippen molar-refractivity contribution >= 4 is 5.69 Å². The molecule has 2 aromatic rings. The highest BCUT2D eigenvalue weighted by Crippen LogP contribution is 2.11. The zero-order valence-electron chi connectivity index (χ0n) is 10.5. The maximum Gasteiger partial charge on any atom is 0.269 e. The van der Waals surface area contributed by atoms with Crippen LogP contribution in [0.5, 0.6) is 0 Å². The summed E-state index contributed by atoms with van der Waals surface area (Å²) < 4.78 is 0. The van der Waals surface area contributed by atoms with Gasteiger partial charge in [0.2, 0.25) is 0 Å². The van der Waals surface area contributed by atoms with E-state index in [1.165, 1.54) is 12.1 Å². The molecule has 0 saturated heterocycles. The molecule has 2 rings (SSSR count). The Morgan fingerprint density at radius 3 is 2.47 bits per heavy atom. The Morgan fingerprint density at radius 1 is 1.16 bits per heavy atom. The lowest BCUT2D eigenvalue weighted by Crippen LogP contribution is -2.13. The van der Waals surface area contributed by atoms with Crippen LogP contribution in [0.4, 0.5) is 5.69 Å². The van der Waals surface area contributed by atoms with Crippen molar-refractivity contribution in [2.75, 3.05) is 0 Å². The topological polar surface area (TPSA) is 81.0 Å². The van der Waals surface area contributed by atoms with Crippen LogP contribution in [0.25, 0.3) is 0 Å². The van der Waals surface area contributed by atoms with Crippen molar-refractivity contribution in [2.24, 2.45) is 0 Å². The molecular formula is C13H14N4O2. The smallest absolute Gasteiger partial charge is 0.269 e. The molecule has 0 aliphatic heterocycles. The van der Waals surface area contributed by atoms with E-state index in [1.54, 1.807) is 24.5 Å². The Labute approximate surface area is 110 Å². The van der Waals surface area contributed by atoms with Crippen LogP contribution < -0.4 is 5.32 Å². The number of benzene rings is 1. The normalized spacial score (nSPS) is 10.4. The number of aryl methyl sites for hydroxylation is 1. The van der Waals surface area contributed by atoms with Gasteiger partial charge in [0, 0.05) is 37.6 Å². The molecule has 98 valence electrons. The molecule has 0 aliphatic carbocycles. The van der Waals surface area contributed by atoms with Crippen LogP contribution in [0.1, 0.15) is 17.0 Å². The SMILES string of the molecule is Cc1cnc(CNCc2ccc([N+](=O)[O-])cc2)cn1. The summed E-state index contributed by atoms with van der Waals surface area (Å²) in [6.45, 7) is 3.14. The molecule has 0 spiro atoms. The van der Waals surface area contributed by atoms with Crippen LogP contribution in [0.3, 0.4) is 0 Å². The molecule has 1 N–H and O–H groups in total. The van der Waals surface area contributed by atoms with Gasteiger partial charge in [-0.15, -0.1) is 0 Å². The second kappa shape index (κ2) is 6.01. The minimum atomic E-state index is -0.404. The van der Waals surface area contributed by atoms with E-state index in [9.17, 15) is 10.1 Å². The summed E-state index contributed by atoms with van der Waals surface area (Å²) in [6, 6.07) is 6.49. The molecule has 0 radical (unpaired) electrons. The van der Waals surface area contributed by atoms with E-state index in [1.807, 2.05) is 6.92 Å². The first-order valence-electron chi connectivity index (χ1n) is 5.87. The fourth-order valence-electron chi connectivity index (χ4n) is 1.58. The summed E-state index contributed by atoms with van der Waals surface area (Å²) in [6.07, 6.45) is 3.46. The zero-order valence-corrected chi connectivity index (χ0v) is 10.5. The molecule has 0 amide bonds.